The molecule has 6 amide bonds. The summed E-state index contributed by atoms with van der Waals surface area (Å²) in [7, 11) is 0. The van der Waals surface area contributed by atoms with E-state index < -0.39 is 53.1 Å². The van der Waals surface area contributed by atoms with E-state index in [2.05, 4.69) is 20.8 Å². The van der Waals surface area contributed by atoms with E-state index >= 15 is 0 Å². The Morgan fingerprint density at radius 3 is 2.53 bits per heavy atom. The van der Waals surface area contributed by atoms with E-state index in [0.29, 0.717) is 32.9 Å². The molecule has 1 aromatic heterocycles. The molecule has 4 N–H and O–H groups in total. The Hall–Kier alpha value is -4.16. The Morgan fingerprint density at radius 1 is 1.14 bits per heavy atom. The summed E-state index contributed by atoms with van der Waals surface area (Å²) in [5.41, 5.74) is 2.18. The monoisotopic (exact) mass is 647 g/mol. The van der Waals surface area contributed by atoms with E-state index in [0.717, 1.165) is 4.90 Å². The van der Waals surface area contributed by atoms with Gasteiger partial charge in [-0.2, -0.15) is 0 Å². The first kappa shape index (κ1) is 30.3. The van der Waals surface area contributed by atoms with Crippen molar-refractivity contribution < 1.29 is 39.0 Å². The van der Waals surface area contributed by atoms with Gasteiger partial charge in [0, 0.05) is 31.1 Å². The number of thioether (sulfide) groups is 2. The molecule has 226 valence electrons. The van der Waals surface area contributed by atoms with Crippen LogP contribution < -0.4 is 10.6 Å². The highest BCUT2D eigenvalue weighted by atomic mass is 32.2. The van der Waals surface area contributed by atoms with Crippen molar-refractivity contribution in [2.24, 2.45) is 0 Å². The summed E-state index contributed by atoms with van der Waals surface area (Å²) < 4.78 is 0.657. The number of hydrogen-bond acceptors (Lipinski definition) is 12. The highest BCUT2D eigenvalue weighted by Gasteiger charge is 2.54. The van der Waals surface area contributed by atoms with Crippen LogP contribution in [0.4, 0.5) is 4.79 Å². The fourth-order valence-electron chi connectivity index (χ4n) is 4.74. The van der Waals surface area contributed by atoms with Crippen LogP contribution in [0.5, 0.6) is 5.75 Å². The Kier molecular flexibility index (Phi) is 8.88. The fourth-order valence-corrected chi connectivity index (χ4v) is 7.72. The van der Waals surface area contributed by atoms with E-state index in [9.17, 15) is 39.0 Å². The first-order valence-electron chi connectivity index (χ1n) is 12.9. The number of rotatable bonds is 9. The summed E-state index contributed by atoms with van der Waals surface area (Å²) in [6, 6.07) is 1.90. The average Bonchev–Trinajstić information content (AvgIpc) is 3.52. The smallest absolute Gasteiger partial charge is 0.352 e. The minimum Gasteiger partial charge on any atom is -0.508 e. The second kappa shape index (κ2) is 12.6. The van der Waals surface area contributed by atoms with Crippen molar-refractivity contribution in [3.63, 3.8) is 0 Å². The summed E-state index contributed by atoms with van der Waals surface area (Å²) in [6.07, 6.45) is 0. The number of β-lactam (4-membered cyclic amide) rings is 1. The SMILES string of the molecule is CCN1CCN(C(=O)NC(C(=O)N[C@@H]2C(=O)N3C(C(=O)O)=C(CSc4nncs4)CS[C@H]23)c2ccc(O)cc2)C(=O)C1=O. The first-order chi connectivity index (χ1) is 20.6. The third kappa shape index (κ3) is 6.02. The highest BCUT2D eigenvalue weighted by Crippen LogP contribution is 2.42. The molecule has 0 saturated carbocycles. The lowest BCUT2D eigenvalue weighted by molar-refractivity contribution is -0.153. The number of piperazine rings is 1. The molecule has 43 heavy (non-hydrogen) atoms. The van der Waals surface area contributed by atoms with E-state index in [4.69, 9.17) is 0 Å². The number of imide groups is 1. The summed E-state index contributed by atoms with van der Waals surface area (Å²) >= 11 is 3.91. The molecule has 4 heterocycles. The molecule has 5 rings (SSSR count). The number of hydrogen-bond donors (Lipinski definition) is 4. The molecule has 18 heteroatoms. The predicted octanol–water partition coefficient (Wildman–Crippen LogP) is 0.216. The molecule has 0 aliphatic carbocycles. The summed E-state index contributed by atoms with van der Waals surface area (Å²) in [6.45, 7) is 2.06. The van der Waals surface area contributed by atoms with Crippen molar-refractivity contribution in [2.45, 2.75) is 28.7 Å². The van der Waals surface area contributed by atoms with Crippen molar-refractivity contribution in [3.8, 4) is 5.75 Å². The van der Waals surface area contributed by atoms with Crippen LogP contribution in [-0.4, -0.2) is 113 Å². The fraction of sp³-hybridized carbons (Fsp3) is 0.360. The molecule has 1 unspecified atom stereocenters. The number of phenols is 1. The zero-order valence-corrected chi connectivity index (χ0v) is 24.9. The Morgan fingerprint density at radius 2 is 1.88 bits per heavy atom. The lowest BCUT2D eigenvalue weighted by Crippen LogP contribution is -2.71. The van der Waals surface area contributed by atoms with Crippen molar-refractivity contribution in [1.29, 1.82) is 0 Å². The van der Waals surface area contributed by atoms with Gasteiger partial charge < -0.3 is 25.7 Å². The van der Waals surface area contributed by atoms with Gasteiger partial charge in [0.2, 0.25) is 5.91 Å². The van der Waals surface area contributed by atoms with Gasteiger partial charge in [-0.15, -0.1) is 22.0 Å². The van der Waals surface area contributed by atoms with E-state index in [1.807, 2.05) is 0 Å². The molecule has 3 atom stereocenters. The van der Waals surface area contributed by atoms with Crippen LogP contribution in [0.1, 0.15) is 18.5 Å². The maximum atomic E-state index is 13.5. The molecular formula is C25H25N7O8S3. The number of phenolic OH excluding ortho intramolecular Hbond substituents is 1. The molecule has 0 spiro atoms. The number of aliphatic carboxylic acids is 1. The number of likely N-dealkylation sites (N-methyl/N-ethyl adjacent to an activating group) is 1. The number of carboxylic acids is 1. The Balaban J connectivity index is 1.31. The van der Waals surface area contributed by atoms with Gasteiger partial charge in [0.15, 0.2) is 4.34 Å². The number of carbonyl (C=O) groups is 6. The number of nitrogens with one attached hydrogen (secondary N) is 2. The van der Waals surface area contributed by atoms with Gasteiger partial charge in [0.25, 0.3) is 5.91 Å². The lowest BCUT2D eigenvalue weighted by atomic mass is 10.0. The number of benzene rings is 1. The van der Waals surface area contributed by atoms with Crippen LogP contribution >= 0.6 is 34.9 Å². The molecule has 1 aromatic carbocycles. The molecule has 15 nitrogen and oxygen atoms in total. The van der Waals surface area contributed by atoms with Crippen molar-refractivity contribution in [3.05, 3.63) is 46.6 Å². The molecule has 0 radical (unpaired) electrons. The molecule has 2 saturated heterocycles. The molecular weight excluding hydrogens is 623 g/mol. The van der Waals surface area contributed by atoms with E-state index in [-0.39, 0.29) is 30.1 Å². The molecule has 2 aromatic rings. The van der Waals surface area contributed by atoms with Crippen molar-refractivity contribution in [2.75, 3.05) is 31.1 Å². The normalized spacial score (nSPS) is 20.9. The molecule has 2 fully saturated rings. The number of aromatic hydroxyl groups is 1. The minimum absolute atomic E-state index is 0.0765. The third-order valence-corrected chi connectivity index (χ3v) is 10.2. The van der Waals surface area contributed by atoms with Crippen molar-refractivity contribution >= 4 is 70.5 Å². The number of aromatic nitrogens is 2. The topological polar surface area (TPSA) is 202 Å². The predicted molar refractivity (Wildman–Crippen MR) is 154 cm³/mol. The zero-order chi connectivity index (χ0) is 30.8. The van der Waals surface area contributed by atoms with Gasteiger partial charge >= 0.3 is 23.8 Å². The van der Waals surface area contributed by atoms with Crippen LogP contribution in [0, 0.1) is 0 Å². The molecule has 3 aliphatic heterocycles. The van der Waals surface area contributed by atoms with Crippen LogP contribution in [0.3, 0.4) is 0 Å². The maximum absolute atomic E-state index is 13.5. The first-order valence-corrected chi connectivity index (χ1v) is 15.8. The van der Waals surface area contributed by atoms with E-state index in [1.54, 1.807) is 12.4 Å². The van der Waals surface area contributed by atoms with Crippen LogP contribution in [0.25, 0.3) is 0 Å². The van der Waals surface area contributed by atoms with Gasteiger partial charge in [-0.25, -0.2) is 9.59 Å². The number of urea groups is 1. The standard InChI is InChI=1S/C25H25N7O8S3/c1-2-30-7-8-31(21(37)20(30)36)24(40)28-15(12-3-5-14(33)6-4-12)18(34)27-16-19(35)32-17(23(38)39)13(9-41-22(16)32)10-42-25-29-26-11-43-25/h3-6,11,15-16,22,33H,2,7-10H2,1H3,(H,27,34)(H,28,40)(H,38,39)/t15?,16-,22-/m1/s1. The average molecular weight is 648 g/mol. The van der Waals surface area contributed by atoms with Gasteiger partial charge in [0.05, 0.1) is 0 Å². The summed E-state index contributed by atoms with van der Waals surface area (Å²) in [5, 5.41) is 31.7. The quantitative estimate of drug-likeness (QED) is 0.164. The van der Waals surface area contributed by atoms with Gasteiger partial charge in [-0.05, 0) is 30.2 Å². The molecule has 3 aliphatic rings. The van der Waals surface area contributed by atoms with Gasteiger partial charge in [-0.1, -0.05) is 35.2 Å². The largest absolute Gasteiger partial charge is 0.508 e. The number of fused-ring (bicyclic) bond motifs is 1. The second-order valence-corrected chi connectivity index (χ2v) is 12.6. The van der Waals surface area contributed by atoms with Crippen molar-refractivity contribution in [1.82, 2.24) is 35.5 Å². The summed E-state index contributed by atoms with van der Waals surface area (Å²) in [4.78, 5) is 80.0. The number of carboxylic acid groups (broad SMARTS) is 1. The van der Waals surface area contributed by atoms with E-state index in [1.165, 1.54) is 64.0 Å². The van der Waals surface area contributed by atoms with Gasteiger partial charge in [0.1, 0.15) is 34.4 Å². The maximum Gasteiger partial charge on any atom is 0.352 e. The van der Waals surface area contributed by atoms with Crippen LogP contribution in [0.15, 0.2) is 45.4 Å². The second-order valence-electron chi connectivity index (χ2n) is 9.46. The number of nitrogens with zero attached hydrogens (tertiary/aromatic N) is 5. The Bertz CT molecular complexity index is 1500. The molecule has 0 bridgehead atoms. The highest BCUT2D eigenvalue weighted by molar-refractivity contribution is 8.01. The van der Waals surface area contributed by atoms with Gasteiger partial charge in [-0.3, -0.25) is 29.0 Å². The van der Waals surface area contributed by atoms with Crippen LogP contribution in [-0.2, 0) is 24.0 Å². The third-order valence-electron chi connectivity index (χ3n) is 6.95. The van der Waals surface area contributed by atoms with Crippen LogP contribution in [0.2, 0.25) is 0 Å². The number of amides is 6. The Labute approximate surface area is 256 Å². The zero-order valence-electron chi connectivity index (χ0n) is 22.5. The number of carbonyl (C=O) groups excluding carboxylic acids is 5. The summed E-state index contributed by atoms with van der Waals surface area (Å²) in [5.74, 6) is -4.09. The minimum atomic E-state index is -1.41. The lowest BCUT2D eigenvalue weighted by Gasteiger charge is -2.49.